The van der Waals surface area contributed by atoms with Crippen molar-refractivity contribution < 1.29 is 4.74 Å². The number of aliphatic imine (C=N–C) groups is 1. The van der Waals surface area contributed by atoms with Gasteiger partial charge in [0, 0.05) is 49.4 Å². The van der Waals surface area contributed by atoms with E-state index in [2.05, 4.69) is 44.8 Å². The number of pyridine rings is 1. The Balaban J connectivity index is 0.00000300. The van der Waals surface area contributed by atoms with Crippen molar-refractivity contribution in [3.8, 4) is 5.75 Å². The Morgan fingerprint density at radius 2 is 2.17 bits per heavy atom. The second kappa shape index (κ2) is 10.8. The molecule has 3 heterocycles. The predicted octanol–water partition coefficient (Wildman–Crippen LogP) is 3.57. The summed E-state index contributed by atoms with van der Waals surface area (Å²) >= 11 is 0. The van der Waals surface area contributed by atoms with Crippen molar-refractivity contribution in [3.05, 3.63) is 41.7 Å². The van der Waals surface area contributed by atoms with Crippen LogP contribution >= 0.6 is 24.0 Å². The average molecular weight is 512 g/mol. The minimum absolute atomic E-state index is 0. The summed E-state index contributed by atoms with van der Waals surface area (Å²) in [5.41, 5.74) is 3.06. The van der Waals surface area contributed by atoms with Gasteiger partial charge in [-0.05, 0) is 33.1 Å². The third-order valence-electron chi connectivity index (χ3n) is 5.59. The van der Waals surface area contributed by atoms with Crippen LogP contribution in [0.5, 0.6) is 5.75 Å². The lowest BCUT2D eigenvalue weighted by Gasteiger charge is -2.39. The van der Waals surface area contributed by atoms with E-state index in [9.17, 15) is 0 Å². The number of aryl methyl sites for hydroxylation is 1. The second-order valence-corrected chi connectivity index (χ2v) is 7.51. The molecule has 1 aliphatic heterocycles. The van der Waals surface area contributed by atoms with Gasteiger partial charge >= 0.3 is 0 Å². The van der Waals surface area contributed by atoms with E-state index in [1.165, 1.54) is 0 Å². The van der Waals surface area contributed by atoms with Gasteiger partial charge in [0.15, 0.2) is 5.96 Å². The molecule has 8 heteroatoms. The highest BCUT2D eigenvalue weighted by Crippen LogP contribution is 2.28. The van der Waals surface area contributed by atoms with Gasteiger partial charge in [-0.1, -0.05) is 6.92 Å². The molecule has 2 aromatic heterocycles. The largest absolute Gasteiger partial charge is 0.496 e. The zero-order chi connectivity index (χ0) is 20.1. The first-order valence-corrected chi connectivity index (χ1v) is 10.0. The first-order valence-electron chi connectivity index (χ1n) is 10.0. The lowest BCUT2D eigenvalue weighted by molar-refractivity contribution is 0.189. The molecule has 160 valence electrons. The van der Waals surface area contributed by atoms with Crippen LogP contribution in [0.4, 0.5) is 0 Å². The number of likely N-dealkylation sites (tertiary alicyclic amines) is 1. The van der Waals surface area contributed by atoms with Crippen molar-refractivity contribution >= 4 is 29.9 Å². The minimum atomic E-state index is 0. The van der Waals surface area contributed by atoms with E-state index in [0.717, 1.165) is 54.6 Å². The lowest BCUT2D eigenvalue weighted by Crippen LogP contribution is -2.49. The minimum Gasteiger partial charge on any atom is -0.496 e. The Morgan fingerprint density at radius 1 is 1.38 bits per heavy atom. The molecule has 0 bridgehead atoms. The molecule has 1 saturated heterocycles. The molecule has 1 N–H and O–H groups in total. The molecule has 0 amide bonds. The number of nitrogens with one attached hydrogen (secondary N) is 1. The normalized spacial score (nSPS) is 19.6. The van der Waals surface area contributed by atoms with E-state index < -0.39 is 0 Å². The fraction of sp³-hybridized carbons (Fsp3) is 0.571. The number of ether oxygens (including phenoxy) is 1. The second-order valence-electron chi connectivity index (χ2n) is 7.51. The Kier molecular flexibility index (Phi) is 8.73. The number of guanidine groups is 1. The van der Waals surface area contributed by atoms with Crippen LogP contribution < -0.4 is 10.1 Å². The number of hydrogen-bond donors (Lipinski definition) is 1. The van der Waals surface area contributed by atoms with Gasteiger partial charge in [0.1, 0.15) is 5.75 Å². The molecule has 0 aliphatic carbocycles. The lowest BCUT2D eigenvalue weighted by atomic mass is 9.93. The van der Waals surface area contributed by atoms with Crippen LogP contribution in [-0.2, 0) is 6.54 Å². The van der Waals surface area contributed by atoms with Gasteiger partial charge in [0.05, 0.1) is 31.7 Å². The van der Waals surface area contributed by atoms with Crippen molar-refractivity contribution in [2.24, 2.45) is 10.9 Å². The molecule has 1 fully saturated rings. The summed E-state index contributed by atoms with van der Waals surface area (Å²) in [6.07, 6.45) is 8.81. The fourth-order valence-corrected chi connectivity index (χ4v) is 3.90. The number of halogens is 1. The highest BCUT2D eigenvalue weighted by atomic mass is 127. The third kappa shape index (κ3) is 5.40. The summed E-state index contributed by atoms with van der Waals surface area (Å²) in [5, 5.41) is 3.45. The summed E-state index contributed by atoms with van der Waals surface area (Å²) in [6.45, 7) is 11.8. The molecule has 2 unspecified atom stereocenters. The zero-order valence-corrected chi connectivity index (χ0v) is 20.4. The van der Waals surface area contributed by atoms with Gasteiger partial charge in [-0.3, -0.25) is 4.98 Å². The number of rotatable bonds is 5. The fourth-order valence-electron chi connectivity index (χ4n) is 3.90. The molecule has 0 radical (unpaired) electrons. The maximum Gasteiger partial charge on any atom is 0.194 e. The highest BCUT2D eigenvalue weighted by Gasteiger charge is 2.29. The van der Waals surface area contributed by atoms with Crippen LogP contribution in [0.1, 0.15) is 43.1 Å². The molecule has 0 spiro atoms. The predicted molar refractivity (Wildman–Crippen MR) is 127 cm³/mol. The van der Waals surface area contributed by atoms with Crippen LogP contribution in [-0.4, -0.2) is 52.1 Å². The Labute approximate surface area is 191 Å². The van der Waals surface area contributed by atoms with Crippen LogP contribution in [0.2, 0.25) is 0 Å². The van der Waals surface area contributed by atoms with Gasteiger partial charge in [-0.25, -0.2) is 9.98 Å². The Hall–Kier alpha value is -1.84. The van der Waals surface area contributed by atoms with Crippen LogP contribution in [0, 0.1) is 19.8 Å². The number of piperidine rings is 1. The molecular weight excluding hydrogens is 479 g/mol. The van der Waals surface area contributed by atoms with Gasteiger partial charge in [0.2, 0.25) is 0 Å². The maximum atomic E-state index is 5.53. The summed E-state index contributed by atoms with van der Waals surface area (Å²) < 4.78 is 7.75. The third-order valence-corrected chi connectivity index (χ3v) is 5.59. The number of nitrogens with zero attached hydrogens (tertiary/aromatic N) is 5. The molecule has 1 aliphatic rings. The van der Waals surface area contributed by atoms with Gasteiger partial charge in [0.25, 0.3) is 0 Å². The van der Waals surface area contributed by atoms with Gasteiger partial charge < -0.3 is 19.5 Å². The molecule has 7 nitrogen and oxygen atoms in total. The topological polar surface area (TPSA) is 67.6 Å². The van der Waals surface area contributed by atoms with E-state index in [0.29, 0.717) is 18.5 Å². The number of hydrogen-bond acceptors (Lipinski definition) is 4. The van der Waals surface area contributed by atoms with Gasteiger partial charge in [-0.15, -0.1) is 24.0 Å². The smallest absolute Gasteiger partial charge is 0.194 e. The monoisotopic (exact) mass is 512 g/mol. The molecule has 2 atom stereocenters. The van der Waals surface area contributed by atoms with Crippen molar-refractivity contribution in [2.45, 2.75) is 46.7 Å². The van der Waals surface area contributed by atoms with E-state index in [-0.39, 0.29) is 24.0 Å². The van der Waals surface area contributed by atoms with Crippen LogP contribution in [0.3, 0.4) is 0 Å². The van der Waals surface area contributed by atoms with Crippen molar-refractivity contribution in [1.82, 2.24) is 24.8 Å². The van der Waals surface area contributed by atoms with Crippen LogP contribution in [0.25, 0.3) is 0 Å². The molecular formula is C21H33IN6O. The molecule has 29 heavy (non-hydrogen) atoms. The van der Waals surface area contributed by atoms with E-state index in [1.54, 1.807) is 7.11 Å². The summed E-state index contributed by atoms with van der Waals surface area (Å²) in [6, 6.07) is 0.402. The molecule has 0 saturated carbocycles. The number of imidazole rings is 1. The first-order chi connectivity index (χ1) is 13.5. The average Bonchev–Trinajstić information content (AvgIpc) is 3.22. The van der Waals surface area contributed by atoms with Crippen molar-refractivity contribution in [1.29, 1.82) is 0 Å². The number of aromatic nitrogens is 3. The zero-order valence-electron chi connectivity index (χ0n) is 18.1. The maximum absolute atomic E-state index is 5.53. The van der Waals surface area contributed by atoms with E-state index in [4.69, 9.17) is 9.73 Å². The summed E-state index contributed by atoms with van der Waals surface area (Å²) in [7, 11) is 1.71. The first kappa shape index (κ1) is 23.4. The summed E-state index contributed by atoms with van der Waals surface area (Å²) in [4.78, 5) is 16.1. The van der Waals surface area contributed by atoms with E-state index in [1.807, 2.05) is 32.6 Å². The van der Waals surface area contributed by atoms with Gasteiger partial charge in [-0.2, -0.15) is 0 Å². The quantitative estimate of drug-likeness (QED) is 0.377. The Bertz CT molecular complexity index is 808. The summed E-state index contributed by atoms with van der Waals surface area (Å²) in [5.74, 6) is 2.45. The number of methoxy groups -OCH3 is 1. The molecule has 3 rings (SSSR count). The van der Waals surface area contributed by atoms with Crippen molar-refractivity contribution in [3.63, 3.8) is 0 Å². The van der Waals surface area contributed by atoms with E-state index >= 15 is 0 Å². The molecule has 0 aromatic carbocycles. The highest BCUT2D eigenvalue weighted by molar-refractivity contribution is 14.0. The van der Waals surface area contributed by atoms with Crippen molar-refractivity contribution in [2.75, 3.05) is 26.7 Å². The van der Waals surface area contributed by atoms with Crippen LogP contribution in [0.15, 0.2) is 29.9 Å². The Morgan fingerprint density at radius 3 is 2.83 bits per heavy atom. The standard InChI is InChI=1S/C21H32N6O.HI/c1-6-23-21(25-12-18-17(4)20(28-5)16(3)11-24-18)26-9-7-15(2)19(13-26)27-10-8-22-14-27;/h8,10-11,14-15,19H,6-7,9,12-13H2,1-5H3,(H,23,25);1H. The SMILES string of the molecule is CCNC(=NCc1ncc(C)c(OC)c1C)N1CCC(C)C(n2ccnc2)C1.I. The molecule has 2 aromatic rings.